The fraction of sp³-hybridized carbons (Fsp3) is 0.500. The first-order chi connectivity index (χ1) is 8.39. The number of nitrogens with two attached hydrogens (primary N) is 1. The minimum Gasteiger partial charge on any atom is -0.396 e. The Morgan fingerprint density at radius 2 is 2.17 bits per heavy atom. The highest BCUT2D eigenvalue weighted by Gasteiger charge is 2.26. The van der Waals surface area contributed by atoms with Gasteiger partial charge < -0.3 is 11.1 Å². The molecule has 0 aliphatic carbocycles. The van der Waals surface area contributed by atoms with Crippen molar-refractivity contribution in [3.05, 3.63) is 4.88 Å². The molecule has 0 bridgehead atoms. The summed E-state index contributed by atoms with van der Waals surface area (Å²) in [6.07, 6.45) is -3.14. The van der Waals surface area contributed by atoms with Gasteiger partial charge >= 0.3 is 6.18 Å². The van der Waals surface area contributed by atoms with Crippen LogP contribution in [0.2, 0.25) is 0 Å². The van der Waals surface area contributed by atoms with Gasteiger partial charge in [0.1, 0.15) is 15.9 Å². The van der Waals surface area contributed by atoms with Crippen LogP contribution < -0.4 is 11.1 Å². The van der Waals surface area contributed by atoms with Crippen LogP contribution >= 0.6 is 23.1 Å². The van der Waals surface area contributed by atoms with E-state index in [2.05, 4.69) is 5.32 Å². The Labute approximate surface area is 111 Å². The van der Waals surface area contributed by atoms with Crippen molar-refractivity contribution in [3.8, 4) is 6.07 Å². The van der Waals surface area contributed by atoms with Crippen molar-refractivity contribution < 1.29 is 13.2 Å². The van der Waals surface area contributed by atoms with E-state index in [0.29, 0.717) is 15.6 Å². The molecule has 0 saturated heterocycles. The van der Waals surface area contributed by atoms with E-state index in [9.17, 15) is 13.2 Å². The molecule has 0 fully saturated rings. The lowest BCUT2D eigenvalue weighted by Gasteiger charge is -2.08. The van der Waals surface area contributed by atoms with Crippen LogP contribution in [0.1, 0.15) is 17.7 Å². The molecule has 1 rings (SSSR count). The highest BCUT2D eigenvalue weighted by Crippen LogP contribution is 2.41. The Morgan fingerprint density at radius 1 is 1.50 bits per heavy atom. The van der Waals surface area contributed by atoms with Crippen LogP contribution in [0, 0.1) is 11.3 Å². The maximum absolute atomic E-state index is 12.0. The minimum atomic E-state index is -4.13. The van der Waals surface area contributed by atoms with Gasteiger partial charge in [0, 0.05) is 13.0 Å². The zero-order chi connectivity index (χ0) is 13.8. The van der Waals surface area contributed by atoms with Gasteiger partial charge in [-0.1, -0.05) is 0 Å². The summed E-state index contributed by atoms with van der Waals surface area (Å²) >= 11 is 2.54. The molecule has 0 radical (unpaired) electrons. The molecule has 0 saturated carbocycles. The summed E-state index contributed by atoms with van der Waals surface area (Å²) in [7, 11) is 0. The van der Waals surface area contributed by atoms with Crippen LogP contribution in [-0.4, -0.2) is 19.0 Å². The summed E-state index contributed by atoms with van der Waals surface area (Å²) in [5, 5.41) is 12.4. The monoisotopic (exact) mass is 295 g/mol. The van der Waals surface area contributed by atoms with E-state index in [4.69, 9.17) is 11.0 Å². The molecular formula is C10H12F3N3S2. The Bertz CT molecular complexity index is 448. The van der Waals surface area contributed by atoms with Crippen molar-refractivity contribution in [2.75, 3.05) is 23.9 Å². The van der Waals surface area contributed by atoms with Gasteiger partial charge in [-0.2, -0.15) is 18.4 Å². The molecule has 0 aliphatic heterocycles. The molecule has 0 aromatic carbocycles. The number of alkyl halides is 3. The van der Waals surface area contributed by atoms with Crippen molar-refractivity contribution in [1.29, 1.82) is 5.26 Å². The molecule has 8 heteroatoms. The number of anilines is 2. The fourth-order valence-electron chi connectivity index (χ4n) is 1.32. The molecule has 3 nitrogen and oxygen atoms in total. The number of rotatable bonds is 5. The number of nitriles is 1. The highest BCUT2D eigenvalue weighted by molar-refractivity contribution is 7.99. The molecule has 0 amide bonds. The largest absolute Gasteiger partial charge is 0.396 e. The number of thioether (sulfide) groups is 1. The Kier molecular flexibility index (Phi) is 5.16. The first-order valence-electron chi connectivity index (χ1n) is 5.06. The molecular weight excluding hydrogens is 283 g/mol. The third kappa shape index (κ3) is 3.99. The highest BCUT2D eigenvalue weighted by atomic mass is 32.2. The van der Waals surface area contributed by atoms with Gasteiger partial charge in [0.15, 0.2) is 0 Å². The van der Waals surface area contributed by atoms with Gasteiger partial charge in [-0.3, -0.25) is 0 Å². The Balaban J connectivity index is 2.60. The second-order valence-electron chi connectivity index (χ2n) is 3.46. The van der Waals surface area contributed by atoms with Crippen molar-refractivity contribution in [1.82, 2.24) is 0 Å². The van der Waals surface area contributed by atoms with Gasteiger partial charge in [-0.15, -0.1) is 23.1 Å². The SMILES string of the molecule is CSc1c(NCCCC(F)(F)F)sc(C#N)c1N. The molecule has 1 heterocycles. The molecule has 3 N–H and O–H groups in total. The predicted molar refractivity (Wildman–Crippen MR) is 69.0 cm³/mol. The van der Waals surface area contributed by atoms with Crippen LogP contribution in [0.5, 0.6) is 0 Å². The van der Waals surface area contributed by atoms with Crippen LogP contribution in [0.4, 0.5) is 23.9 Å². The lowest BCUT2D eigenvalue weighted by atomic mass is 10.3. The number of nitrogens with one attached hydrogen (secondary N) is 1. The Hall–Kier alpha value is -1.07. The third-order valence-electron chi connectivity index (χ3n) is 2.13. The summed E-state index contributed by atoms with van der Waals surface area (Å²) in [4.78, 5) is 1.11. The predicted octanol–water partition coefficient (Wildman–Crippen LogP) is 3.68. The molecule has 100 valence electrons. The summed E-state index contributed by atoms with van der Waals surface area (Å²) in [5.41, 5.74) is 6.14. The van der Waals surface area contributed by atoms with E-state index in [1.165, 1.54) is 23.1 Å². The quantitative estimate of drug-likeness (QED) is 0.642. The molecule has 0 spiro atoms. The molecule has 0 unspecified atom stereocenters. The molecule has 18 heavy (non-hydrogen) atoms. The van der Waals surface area contributed by atoms with E-state index in [1.807, 2.05) is 6.07 Å². The van der Waals surface area contributed by atoms with Crippen molar-refractivity contribution in [2.24, 2.45) is 0 Å². The van der Waals surface area contributed by atoms with E-state index in [-0.39, 0.29) is 13.0 Å². The lowest BCUT2D eigenvalue weighted by molar-refractivity contribution is -0.134. The number of nitrogens with zero attached hydrogens (tertiary/aromatic N) is 1. The van der Waals surface area contributed by atoms with Gasteiger partial charge in [-0.05, 0) is 12.7 Å². The van der Waals surface area contributed by atoms with Crippen molar-refractivity contribution >= 4 is 33.8 Å². The zero-order valence-electron chi connectivity index (χ0n) is 9.60. The summed E-state index contributed by atoms with van der Waals surface area (Å²) in [6.45, 7) is 0.206. The standard InChI is InChI=1S/C10H12F3N3S2/c1-17-8-7(15)6(5-14)18-9(8)16-4-2-3-10(11,12)13/h16H,2-4,15H2,1H3. The average Bonchev–Trinajstić information content (AvgIpc) is 2.59. The topological polar surface area (TPSA) is 61.8 Å². The van der Waals surface area contributed by atoms with Crippen molar-refractivity contribution in [2.45, 2.75) is 23.9 Å². The summed E-state index contributed by atoms with van der Waals surface area (Å²) < 4.78 is 35.9. The lowest BCUT2D eigenvalue weighted by Crippen LogP contribution is -2.10. The second-order valence-corrected chi connectivity index (χ2v) is 5.30. The van der Waals surface area contributed by atoms with Crippen LogP contribution in [0.15, 0.2) is 4.90 Å². The van der Waals surface area contributed by atoms with E-state index >= 15 is 0 Å². The van der Waals surface area contributed by atoms with E-state index in [1.54, 1.807) is 6.26 Å². The average molecular weight is 295 g/mol. The molecule has 1 aromatic heterocycles. The van der Waals surface area contributed by atoms with Gasteiger partial charge in [0.05, 0.1) is 10.6 Å². The van der Waals surface area contributed by atoms with Gasteiger partial charge in [-0.25, -0.2) is 0 Å². The maximum Gasteiger partial charge on any atom is 0.389 e. The fourth-order valence-corrected chi connectivity index (χ4v) is 3.18. The minimum absolute atomic E-state index is 0.00296. The van der Waals surface area contributed by atoms with Crippen LogP contribution in [-0.2, 0) is 0 Å². The van der Waals surface area contributed by atoms with E-state index < -0.39 is 12.6 Å². The zero-order valence-corrected chi connectivity index (χ0v) is 11.2. The molecule has 0 aliphatic rings. The van der Waals surface area contributed by atoms with Gasteiger partial charge in [0.2, 0.25) is 0 Å². The van der Waals surface area contributed by atoms with E-state index in [0.717, 1.165) is 4.90 Å². The number of thiophene rings is 1. The van der Waals surface area contributed by atoms with Gasteiger partial charge in [0.25, 0.3) is 0 Å². The maximum atomic E-state index is 12.0. The first-order valence-corrected chi connectivity index (χ1v) is 7.10. The normalized spacial score (nSPS) is 11.3. The number of hydrogen-bond acceptors (Lipinski definition) is 5. The van der Waals surface area contributed by atoms with Crippen LogP contribution in [0.25, 0.3) is 0 Å². The number of hydrogen-bond donors (Lipinski definition) is 2. The molecule has 1 aromatic rings. The third-order valence-corrected chi connectivity index (χ3v) is 4.16. The number of halogens is 3. The van der Waals surface area contributed by atoms with Crippen molar-refractivity contribution in [3.63, 3.8) is 0 Å². The number of nitrogen functional groups attached to an aromatic ring is 1. The summed E-state index contributed by atoms with van der Waals surface area (Å²) in [6, 6.07) is 1.97. The Morgan fingerprint density at radius 3 is 2.67 bits per heavy atom. The summed E-state index contributed by atoms with van der Waals surface area (Å²) in [5.74, 6) is 0. The smallest absolute Gasteiger partial charge is 0.389 e. The molecule has 0 atom stereocenters. The first kappa shape index (κ1) is 15.0. The van der Waals surface area contributed by atoms with Crippen LogP contribution in [0.3, 0.4) is 0 Å². The second kappa shape index (κ2) is 6.20.